The van der Waals surface area contributed by atoms with E-state index in [4.69, 9.17) is 5.73 Å². The Balaban J connectivity index is 2.01. The van der Waals surface area contributed by atoms with Crippen LogP contribution in [0.2, 0.25) is 0 Å². The minimum absolute atomic E-state index is 0.0202. The van der Waals surface area contributed by atoms with E-state index >= 15 is 0 Å². The first kappa shape index (κ1) is 15.3. The van der Waals surface area contributed by atoms with Gasteiger partial charge in [-0.15, -0.1) is 0 Å². The second kappa shape index (κ2) is 7.04. The summed E-state index contributed by atoms with van der Waals surface area (Å²) < 4.78 is 0. The van der Waals surface area contributed by atoms with E-state index in [1.54, 1.807) is 0 Å². The highest BCUT2D eigenvalue weighted by molar-refractivity contribution is 5.92. The van der Waals surface area contributed by atoms with Gasteiger partial charge in [-0.2, -0.15) is 0 Å². The molecule has 21 heavy (non-hydrogen) atoms. The Morgan fingerprint density at radius 2 is 1.67 bits per heavy atom. The molecule has 110 valence electrons. The Morgan fingerprint density at radius 3 is 2.24 bits per heavy atom. The molecule has 0 saturated carbocycles. The lowest BCUT2D eigenvalue weighted by atomic mass is 10.0. The first-order chi connectivity index (χ1) is 10.1. The van der Waals surface area contributed by atoms with Gasteiger partial charge in [0.2, 0.25) is 5.91 Å². The summed E-state index contributed by atoms with van der Waals surface area (Å²) in [4.78, 5) is 12.1. The molecule has 0 atom stereocenters. The van der Waals surface area contributed by atoms with E-state index in [-0.39, 0.29) is 5.91 Å². The monoisotopic (exact) mass is 282 g/mol. The highest BCUT2D eigenvalue weighted by Gasteiger charge is 2.07. The van der Waals surface area contributed by atoms with Crippen LogP contribution in [0.15, 0.2) is 48.5 Å². The number of rotatable bonds is 5. The average molecular weight is 282 g/mol. The predicted molar refractivity (Wildman–Crippen MR) is 87.2 cm³/mol. The zero-order chi connectivity index (χ0) is 15.2. The quantitative estimate of drug-likeness (QED) is 0.882. The van der Waals surface area contributed by atoms with Gasteiger partial charge in [-0.1, -0.05) is 50.2 Å². The summed E-state index contributed by atoms with van der Waals surface area (Å²) in [6, 6.07) is 15.8. The van der Waals surface area contributed by atoms with Crippen LogP contribution in [-0.4, -0.2) is 5.91 Å². The van der Waals surface area contributed by atoms with Crippen LogP contribution in [-0.2, 0) is 17.8 Å². The zero-order valence-corrected chi connectivity index (χ0v) is 12.6. The van der Waals surface area contributed by atoms with E-state index in [2.05, 4.69) is 19.2 Å². The SMILES string of the molecule is CC(C)c1ccc(NC(=O)Cc2ccccc2CN)cc1. The minimum atomic E-state index is -0.0202. The molecule has 2 aromatic rings. The number of hydrogen-bond donors (Lipinski definition) is 2. The van der Waals surface area contributed by atoms with Crippen molar-refractivity contribution in [2.24, 2.45) is 5.73 Å². The second-order valence-electron chi connectivity index (χ2n) is 5.47. The lowest BCUT2D eigenvalue weighted by molar-refractivity contribution is -0.115. The van der Waals surface area contributed by atoms with Gasteiger partial charge < -0.3 is 11.1 Å². The minimum Gasteiger partial charge on any atom is -0.326 e. The van der Waals surface area contributed by atoms with Crippen LogP contribution in [0.5, 0.6) is 0 Å². The van der Waals surface area contributed by atoms with Crippen molar-refractivity contribution in [3.05, 3.63) is 65.2 Å². The van der Waals surface area contributed by atoms with E-state index in [1.807, 2.05) is 48.5 Å². The van der Waals surface area contributed by atoms with Gasteiger partial charge in [-0.05, 0) is 34.7 Å². The Morgan fingerprint density at radius 1 is 1.05 bits per heavy atom. The number of nitrogens with two attached hydrogens (primary N) is 1. The van der Waals surface area contributed by atoms with Crippen LogP contribution >= 0.6 is 0 Å². The third kappa shape index (κ3) is 4.17. The molecular formula is C18H22N2O. The lowest BCUT2D eigenvalue weighted by Crippen LogP contribution is -2.16. The van der Waals surface area contributed by atoms with Crippen molar-refractivity contribution >= 4 is 11.6 Å². The molecule has 3 heteroatoms. The van der Waals surface area contributed by atoms with E-state index < -0.39 is 0 Å². The van der Waals surface area contributed by atoms with Gasteiger partial charge in [-0.3, -0.25) is 4.79 Å². The molecule has 0 aromatic heterocycles. The molecule has 2 aromatic carbocycles. The maximum Gasteiger partial charge on any atom is 0.228 e. The van der Waals surface area contributed by atoms with Gasteiger partial charge >= 0.3 is 0 Å². The number of nitrogens with one attached hydrogen (secondary N) is 1. The molecule has 0 fully saturated rings. The van der Waals surface area contributed by atoms with Gasteiger partial charge in [0, 0.05) is 12.2 Å². The smallest absolute Gasteiger partial charge is 0.228 e. The van der Waals surface area contributed by atoms with Crippen LogP contribution < -0.4 is 11.1 Å². The standard InChI is InChI=1S/C18H22N2O/c1-13(2)14-7-9-17(10-8-14)20-18(21)11-15-5-3-4-6-16(15)12-19/h3-10,13H,11-12,19H2,1-2H3,(H,20,21). The summed E-state index contributed by atoms with van der Waals surface area (Å²) >= 11 is 0. The fourth-order valence-electron chi connectivity index (χ4n) is 2.26. The van der Waals surface area contributed by atoms with Crippen molar-refractivity contribution in [1.29, 1.82) is 0 Å². The molecule has 0 aliphatic carbocycles. The van der Waals surface area contributed by atoms with E-state index in [0.717, 1.165) is 16.8 Å². The summed E-state index contributed by atoms with van der Waals surface area (Å²) in [5.74, 6) is 0.472. The summed E-state index contributed by atoms with van der Waals surface area (Å²) in [6.07, 6.45) is 0.347. The van der Waals surface area contributed by atoms with Gasteiger partial charge in [0.05, 0.1) is 6.42 Å². The molecule has 0 bridgehead atoms. The topological polar surface area (TPSA) is 55.1 Å². The van der Waals surface area contributed by atoms with Crippen molar-refractivity contribution in [2.75, 3.05) is 5.32 Å². The van der Waals surface area contributed by atoms with Crippen LogP contribution in [0.4, 0.5) is 5.69 Å². The molecule has 3 nitrogen and oxygen atoms in total. The molecule has 2 rings (SSSR count). The number of carbonyl (C=O) groups is 1. The highest BCUT2D eigenvalue weighted by Crippen LogP contribution is 2.17. The summed E-state index contributed by atoms with van der Waals surface area (Å²) in [7, 11) is 0. The van der Waals surface area contributed by atoms with E-state index in [0.29, 0.717) is 18.9 Å². The van der Waals surface area contributed by atoms with E-state index in [9.17, 15) is 4.79 Å². The fraction of sp³-hybridized carbons (Fsp3) is 0.278. The largest absolute Gasteiger partial charge is 0.326 e. The third-order valence-corrected chi connectivity index (χ3v) is 3.55. The number of benzene rings is 2. The number of amides is 1. The van der Waals surface area contributed by atoms with Gasteiger partial charge in [0.25, 0.3) is 0 Å². The maximum atomic E-state index is 12.1. The first-order valence-electron chi connectivity index (χ1n) is 7.27. The molecule has 1 amide bonds. The average Bonchev–Trinajstić information content (AvgIpc) is 2.48. The molecule has 0 unspecified atom stereocenters. The predicted octanol–water partition coefficient (Wildman–Crippen LogP) is 3.45. The molecule has 0 radical (unpaired) electrons. The van der Waals surface area contributed by atoms with Crippen LogP contribution in [0.25, 0.3) is 0 Å². The van der Waals surface area contributed by atoms with Crippen molar-refractivity contribution in [1.82, 2.24) is 0 Å². The molecule has 0 spiro atoms. The maximum absolute atomic E-state index is 12.1. The summed E-state index contributed by atoms with van der Waals surface area (Å²) in [5.41, 5.74) is 9.78. The van der Waals surface area contributed by atoms with Crippen molar-refractivity contribution in [2.45, 2.75) is 32.7 Å². The van der Waals surface area contributed by atoms with Crippen LogP contribution in [0.3, 0.4) is 0 Å². The third-order valence-electron chi connectivity index (χ3n) is 3.55. The second-order valence-corrected chi connectivity index (χ2v) is 5.47. The summed E-state index contributed by atoms with van der Waals surface area (Å²) in [5, 5.41) is 2.93. The molecule has 0 aliphatic heterocycles. The van der Waals surface area contributed by atoms with E-state index in [1.165, 1.54) is 5.56 Å². The Bertz CT molecular complexity index is 603. The normalized spacial score (nSPS) is 10.7. The number of anilines is 1. The van der Waals surface area contributed by atoms with Crippen molar-refractivity contribution in [3.8, 4) is 0 Å². The number of carbonyl (C=O) groups excluding carboxylic acids is 1. The Hall–Kier alpha value is -2.13. The Kier molecular flexibility index (Phi) is 5.12. The summed E-state index contributed by atoms with van der Waals surface area (Å²) in [6.45, 7) is 4.75. The molecular weight excluding hydrogens is 260 g/mol. The Labute approximate surface area is 126 Å². The molecule has 0 aliphatic rings. The fourth-order valence-corrected chi connectivity index (χ4v) is 2.26. The molecule has 3 N–H and O–H groups in total. The number of hydrogen-bond acceptors (Lipinski definition) is 2. The van der Waals surface area contributed by atoms with Crippen molar-refractivity contribution < 1.29 is 4.79 Å². The van der Waals surface area contributed by atoms with Gasteiger partial charge in [0.1, 0.15) is 0 Å². The first-order valence-corrected chi connectivity index (χ1v) is 7.27. The lowest BCUT2D eigenvalue weighted by Gasteiger charge is -2.10. The molecule has 0 saturated heterocycles. The molecule has 0 heterocycles. The van der Waals surface area contributed by atoms with Crippen LogP contribution in [0.1, 0.15) is 36.5 Å². The van der Waals surface area contributed by atoms with Gasteiger partial charge in [0.15, 0.2) is 0 Å². The zero-order valence-electron chi connectivity index (χ0n) is 12.6. The van der Waals surface area contributed by atoms with Crippen molar-refractivity contribution in [3.63, 3.8) is 0 Å². The van der Waals surface area contributed by atoms with Gasteiger partial charge in [-0.25, -0.2) is 0 Å². The highest BCUT2D eigenvalue weighted by atomic mass is 16.1. The van der Waals surface area contributed by atoms with Crippen LogP contribution in [0, 0.1) is 0 Å².